The molecule has 1 atom stereocenters. The van der Waals surface area contributed by atoms with E-state index in [4.69, 9.17) is 4.74 Å². The summed E-state index contributed by atoms with van der Waals surface area (Å²) in [6.07, 6.45) is 4.85. The number of carboxylic acids is 1. The molecule has 1 unspecified atom stereocenters. The van der Waals surface area contributed by atoms with Gasteiger partial charge in [-0.3, -0.25) is 9.59 Å². The van der Waals surface area contributed by atoms with E-state index in [9.17, 15) is 14.7 Å². The van der Waals surface area contributed by atoms with Crippen LogP contribution in [0.3, 0.4) is 0 Å². The third-order valence-corrected chi connectivity index (χ3v) is 5.12. The number of rotatable bonds is 6. The lowest BCUT2D eigenvalue weighted by molar-refractivity contribution is -0.155. The highest BCUT2D eigenvalue weighted by atomic mass is 16.5. The first-order valence-electron chi connectivity index (χ1n) is 8.13. The minimum Gasteiger partial charge on any atom is -0.481 e. The largest absolute Gasteiger partial charge is 0.481 e. The van der Waals surface area contributed by atoms with Crippen LogP contribution in [0.15, 0.2) is 0 Å². The van der Waals surface area contributed by atoms with E-state index >= 15 is 0 Å². The van der Waals surface area contributed by atoms with Crippen LogP contribution in [0.2, 0.25) is 0 Å². The van der Waals surface area contributed by atoms with Crippen molar-refractivity contribution >= 4 is 11.9 Å². The van der Waals surface area contributed by atoms with Crippen molar-refractivity contribution < 1.29 is 19.4 Å². The average Bonchev–Trinajstić information content (AvgIpc) is 2.44. The lowest BCUT2D eigenvalue weighted by atomic mass is 9.76. The fraction of sp³-hybridized carbons (Fsp3) is 0.875. The first kappa shape index (κ1) is 16.3. The maximum atomic E-state index is 12.4. The van der Waals surface area contributed by atoms with E-state index in [0.29, 0.717) is 44.4 Å². The van der Waals surface area contributed by atoms with Crippen LogP contribution >= 0.6 is 0 Å². The lowest BCUT2D eigenvalue weighted by Crippen LogP contribution is -2.50. The summed E-state index contributed by atoms with van der Waals surface area (Å²) >= 11 is 0. The van der Waals surface area contributed by atoms with Crippen LogP contribution in [-0.2, 0) is 14.3 Å². The minimum atomic E-state index is -0.762. The van der Waals surface area contributed by atoms with Crippen molar-refractivity contribution in [2.24, 2.45) is 11.3 Å². The van der Waals surface area contributed by atoms with Crippen LogP contribution < -0.4 is 0 Å². The maximum Gasteiger partial charge on any atom is 0.311 e. The topological polar surface area (TPSA) is 66.8 Å². The van der Waals surface area contributed by atoms with E-state index in [1.54, 1.807) is 4.90 Å². The molecular formula is C16H27NO4. The van der Waals surface area contributed by atoms with Crippen molar-refractivity contribution in [1.29, 1.82) is 0 Å². The molecule has 0 radical (unpaired) electrons. The number of hydrogen-bond donors (Lipinski definition) is 1. The van der Waals surface area contributed by atoms with Crippen LogP contribution in [0.4, 0.5) is 0 Å². The molecule has 5 heteroatoms. The Labute approximate surface area is 126 Å². The number of ether oxygens (including phenoxy) is 1. The molecule has 0 aromatic rings. The molecule has 1 aliphatic carbocycles. The highest BCUT2D eigenvalue weighted by Crippen LogP contribution is 2.36. The maximum absolute atomic E-state index is 12.4. The van der Waals surface area contributed by atoms with Gasteiger partial charge in [-0.25, -0.2) is 0 Å². The van der Waals surface area contributed by atoms with Gasteiger partial charge in [0.2, 0.25) is 5.91 Å². The van der Waals surface area contributed by atoms with Gasteiger partial charge in [0.1, 0.15) is 0 Å². The monoisotopic (exact) mass is 297 g/mol. The smallest absolute Gasteiger partial charge is 0.311 e. The number of aliphatic carboxylic acids is 1. The van der Waals surface area contributed by atoms with Gasteiger partial charge >= 0.3 is 5.97 Å². The van der Waals surface area contributed by atoms with Crippen LogP contribution in [0.25, 0.3) is 0 Å². The third kappa shape index (κ3) is 3.57. The van der Waals surface area contributed by atoms with Gasteiger partial charge in [0, 0.05) is 26.1 Å². The Balaban J connectivity index is 1.84. The summed E-state index contributed by atoms with van der Waals surface area (Å²) in [6.45, 7) is 5.70. The van der Waals surface area contributed by atoms with E-state index in [2.05, 4.69) is 0 Å². The van der Waals surface area contributed by atoms with Gasteiger partial charge in [0.05, 0.1) is 11.5 Å². The van der Waals surface area contributed by atoms with Crippen LogP contribution in [0.1, 0.15) is 52.4 Å². The fourth-order valence-electron chi connectivity index (χ4n) is 3.55. The molecule has 1 heterocycles. The summed E-state index contributed by atoms with van der Waals surface area (Å²) in [5.74, 6) is -0.229. The number of nitrogens with zero attached hydrogens (tertiary/aromatic N) is 1. The Kier molecular flexibility index (Phi) is 5.25. The summed E-state index contributed by atoms with van der Waals surface area (Å²) in [4.78, 5) is 25.7. The summed E-state index contributed by atoms with van der Waals surface area (Å²) in [7, 11) is 0. The van der Waals surface area contributed by atoms with Gasteiger partial charge in [0.15, 0.2) is 0 Å². The van der Waals surface area contributed by atoms with E-state index in [1.807, 2.05) is 13.8 Å². The van der Waals surface area contributed by atoms with Gasteiger partial charge in [-0.2, -0.15) is 0 Å². The molecule has 0 aromatic heterocycles. The van der Waals surface area contributed by atoms with E-state index < -0.39 is 11.4 Å². The molecule has 1 saturated heterocycles. The second-order valence-electron chi connectivity index (χ2n) is 6.48. The van der Waals surface area contributed by atoms with E-state index in [1.165, 1.54) is 0 Å². The third-order valence-electron chi connectivity index (χ3n) is 5.12. The molecular weight excluding hydrogens is 270 g/mol. The Morgan fingerprint density at radius 1 is 1.33 bits per heavy atom. The number of amides is 1. The van der Waals surface area contributed by atoms with Crippen LogP contribution in [-0.4, -0.2) is 47.7 Å². The number of carboxylic acid groups (broad SMARTS) is 1. The number of carbonyl (C=O) groups excluding carboxylic acids is 1. The highest BCUT2D eigenvalue weighted by molar-refractivity contribution is 5.80. The number of hydrogen-bond acceptors (Lipinski definition) is 3. The predicted octanol–water partition coefficient (Wildman–Crippen LogP) is 2.29. The summed E-state index contributed by atoms with van der Waals surface area (Å²) in [6, 6.07) is 0. The predicted molar refractivity (Wildman–Crippen MR) is 78.9 cm³/mol. The van der Waals surface area contributed by atoms with Gasteiger partial charge in [-0.1, -0.05) is 6.92 Å². The Morgan fingerprint density at radius 3 is 2.62 bits per heavy atom. The van der Waals surface area contributed by atoms with Crippen molar-refractivity contribution in [3.8, 4) is 0 Å². The summed E-state index contributed by atoms with van der Waals surface area (Å²) in [5, 5.41) is 9.47. The average molecular weight is 297 g/mol. The second-order valence-corrected chi connectivity index (χ2v) is 6.48. The molecule has 21 heavy (non-hydrogen) atoms. The van der Waals surface area contributed by atoms with Crippen molar-refractivity contribution in [3.63, 3.8) is 0 Å². The molecule has 0 aromatic carbocycles. The number of carbonyl (C=O) groups is 2. The fourth-order valence-corrected chi connectivity index (χ4v) is 3.55. The van der Waals surface area contributed by atoms with Crippen molar-refractivity contribution in [2.75, 3.05) is 19.7 Å². The lowest BCUT2D eigenvalue weighted by Gasteiger charge is -2.41. The minimum absolute atomic E-state index is 0.119. The quantitative estimate of drug-likeness (QED) is 0.817. The zero-order chi connectivity index (χ0) is 15.5. The van der Waals surface area contributed by atoms with Gasteiger partial charge in [-0.05, 0) is 44.9 Å². The summed E-state index contributed by atoms with van der Waals surface area (Å²) < 4.78 is 5.51. The van der Waals surface area contributed by atoms with Gasteiger partial charge < -0.3 is 14.7 Å². The molecule has 5 nitrogen and oxygen atoms in total. The molecule has 0 bridgehead atoms. The number of piperidine rings is 1. The van der Waals surface area contributed by atoms with E-state index in [-0.39, 0.29) is 5.91 Å². The first-order chi connectivity index (χ1) is 10.0. The standard InChI is InChI=1S/C16H27NO4/c1-3-16(15(19)20)6-5-7-17(11-16)14(18)10-12-8-13(9-12)21-4-2/h12-13H,3-11H2,1-2H3,(H,19,20). The number of likely N-dealkylation sites (tertiary alicyclic amines) is 1. The van der Waals surface area contributed by atoms with E-state index in [0.717, 1.165) is 25.9 Å². The molecule has 1 aliphatic heterocycles. The SMILES string of the molecule is CCOC1CC(CC(=O)N2CCCC(CC)(C(=O)O)C2)C1. The molecule has 1 amide bonds. The molecule has 1 N–H and O–H groups in total. The highest BCUT2D eigenvalue weighted by Gasteiger charge is 2.42. The van der Waals surface area contributed by atoms with Crippen LogP contribution in [0.5, 0.6) is 0 Å². The van der Waals surface area contributed by atoms with Gasteiger partial charge in [0.25, 0.3) is 0 Å². The zero-order valence-corrected chi connectivity index (χ0v) is 13.1. The van der Waals surface area contributed by atoms with Crippen LogP contribution in [0, 0.1) is 11.3 Å². The molecule has 120 valence electrons. The molecule has 2 fully saturated rings. The Morgan fingerprint density at radius 2 is 2.05 bits per heavy atom. The normalized spacial score (nSPS) is 32.6. The Hall–Kier alpha value is -1.10. The Bertz CT molecular complexity index is 392. The van der Waals surface area contributed by atoms with Gasteiger partial charge in [-0.15, -0.1) is 0 Å². The van der Waals surface area contributed by atoms with Crippen molar-refractivity contribution in [3.05, 3.63) is 0 Å². The molecule has 0 spiro atoms. The van der Waals surface area contributed by atoms with Crippen molar-refractivity contribution in [2.45, 2.75) is 58.5 Å². The second kappa shape index (κ2) is 6.77. The van der Waals surface area contributed by atoms with Crippen molar-refractivity contribution in [1.82, 2.24) is 4.90 Å². The first-order valence-corrected chi connectivity index (χ1v) is 8.13. The zero-order valence-electron chi connectivity index (χ0n) is 13.1. The summed E-state index contributed by atoms with van der Waals surface area (Å²) in [5.41, 5.74) is -0.735. The molecule has 2 rings (SSSR count). The molecule has 1 saturated carbocycles. The molecule has 2 aliphatic rings.